The number of aromatic nitrogens is 2. The molecule has 1 aliphatic heterocycles. The highest BCUT2D eigenvalue weighted by molar-refractivity contribution is 5.10. The Labute approximate surface area is 129 Å². The fourth-order valence-electron chi connectivity index (χ4n) is 2.96. The average Bonchev–Trinajstić information content (AvgIpc) is 2.90. The van der Waals surface area contributed by atoms with Crippen LogP contribution in [0.4, 0.5) is 0 Å². The molecule has 5 heteroatoms. The summed E-state index contributed by atoms with van der Waals surface area (Å²) >= 11 is 0. The molecule has 0 saturated carbocycles. The van der Waals surface area contributed by atoms with Crippen LogP contribution in [-0.2, 0) is 19.5 Å². The van der Waals surface area contributed by atoms with Crippen LogP contribution in [0.25, 0.3) is 0 Å². The van der Waals surface area contributed by atoms with Crippen LogP contribution in [0.1, 0.15) is 39.1 Å². The van der Waals surface area contributed by atoms with E-state index in [2.05, 4.69) is 53.3 Å². The Bertz CT molecular complexity index is 444. The lowest BCUT2D eigenvalue weighted by molar-refractivity contribution is 0.0527. The molecule has 1 saturated heterocycles. The number of aryl methyl sites for hydroxylation is 2. The Morgan fingerprint density at radius 1 is 1.19 bits per heavy atom. The van der Waals surface area contributed by atoms with Crippen LogP contribution in [0.2, 0.25) is 0 Å². The molecular formula is C16H31N5. The summed E-state index contributed by atoms with van der Waals surface area (Å²) in [5, 5.41) is 4.64. The Hall–Kier alpha value is -0.910. The van der Waals surface area contributed by atoms with Crippen LogP contribution in [0.5, 0.6) is 0 Å². The molecule has 0 amide bonds. The van der Waals surface area contributed by atoms with E-state index >= 15 is 0 Å². The summed E-state index contributed by atoms with van der Waals surface area (Å²) in [6.07, 6.45) is 1.01. The molecule has 0 atom stereocenters. The summed E-state index contributed by atoms with van der Waals surface area (Å²) in [6, 6.07) is 2.26. The van der Waals surface area contributed by atoms with Gasteiger partial charge in [0.2, 0.25) is 0 Å². The predicted octanol–water partition coefficient (Wildman–Crippen LogP) is 1.32. The molecule has 2 rings (SSSR count). The molecule has 0 aromatic carbocycles. The van der Waals surface area contributed by atoms with Crippen molar-refractivity contribution >= 4 is 0 Å². The topological polar surface area (TPSA) is 50.3 Å². The van der Waals surface area contributed by atoms with Crippen molar-refractivity contribution in [1.29, 1.82) is 0 Å². The molecule has 0 bridgehead atoms. The van der Waals surface area contributed by atoms with Crippen molar-refractivity contribution in [3.8, 4) is 0 Å². The van der Waals surface area contributed by atoms with Crippen LogP contribution in [0.3, 0.4) is 0 Å². The first-order chi connectivity index (χ1) is 10.00. The smallest absolute Gasteiger partial charge is 0.0625 e. The Morgan fingerprint density at radius 2 is 1.86 bits per heavy atom. The number of nitrogens with zero attached hydrogens (tertiary/aromatic N) is 4. The van der Waals surface area contributed by atoms with E-state index in [4.69, 9.17) is 5.73 Å². The number of piperazine rings is 1. The largest absolute Gasteiger partial charge is 0.329 e. The normalized spacial score (nSPS) is 18.3. The first-order valence-electron chi connectivity index (χ1n) is 8.23. The molecule has 5 nitrogen and oxygen atoms in total. The van der Waals surface area contributed by atoms with Crippen molar-refractivity contribution in [2.75, 3.05) is 32.7 Å². The summed E-state index contributed by atoms with van der Waals surface area (Å²) in [5.41, 5.74) is 8.55. The van der Waals surface area contributed by atoms with Gasteiger partial charge in [0.05, 0.1) is 11.4 Å². The summed E-state index contributed by atoms with van der Waals surface area (Å²) in [7, 11) is 0. The third-order valence-electron chi connectivity index (χ3n) is 4.69. The number of hydrogen-bond acceptors (Lipinski definition) is 4. The minimum Gasteiger partial charge on any atom is -0.329 e. The van der Waals surface area contributed by atoms with Gasteiger partial charge in [-0.3, -0.25) is 14.5 Å². The van der Waals surface area contributed by atoms with Gasteiger partial charge in [0, 0.05) is 51.4 Å². The van der Waals surface area contributed by atoms with Crippen molar-refractivity contribution in [2.45, 2.75) is 52.7 Å². The van der Waals surface area contributed by atoms with Crippen LogP contribution < -0.4 is 5.73 Å². The maximum Gasteiger partial charge on any atom is 0.0625 e. The molecule has 21 heavy (non-hydrogen) atoms. The lowest BCUT2D eigenvalue weighted by Gasteiger charge is -2.43. The third-order valence-corrected chi connectivity index (χ3v) is 4.69. The molecular weight excluding hydrogens is 262 g/mol. The Balaban J connectivity index is 1.93. The van der Waals surface area contributed by atoms with E-state index in [0.29, 0.717) is 0 Å². The molecule has 2 heterocycles. The van der Waals surface area contributed by atoms with Crippen LogP contribution in [-0.4, -0.2) is 57.8 Å². The minimum atomic E-state index is 0.118. The highest BCUT2D eigenvalue weighted by atomic mass is 15.3. The fraction of sp³-hybridized carbons (Fsp3) is 0.812. The summed E-state index contributed by atoms with van der Waals surface area (Å²) < 4.78 is 2.15. The van der Waals surface area contributed by atoms with Gasteiger partial charge in [0.15, 0.2) is 0 Å². The van der Waals surface area contributed by atoms with Crippen LogP contribution in [0.15, 0.2) is 6.07 Å². The van der Waals surface area contributed by atoms with E-state index < -0.39 is 0 Å². The standard InChI is InChI=1S/C16H31N5/c1-5-14-11-15(21(6-2)18-14)12-19-7-9-20(10-8-19)16(3,4)13-17/h11H,5-10,12-13,17H2,1-4H3. The molecule has 0 radical (unpaired) electrons. The van der Waals surface area contributed by atoms with E-state index in [1.807, 2.05) is 0 Å². The van der Waals surface area contributed by atoms with E-state index in [1.54, 1.807) is 0 Å². The third kappa shape index (κ3) is 3.84. The second kappa shape index (κ2) is 6.90. The fourth-order valence-corrected chi connectivity index (χ4v) is 2.96. The highest BCUT2D eigenvalue weighted by Crippen LogP contribution is 2.17. The zero-order chi connectivity index (χ0) is 15.5. The average molecular weight is 293 g/mol. The van der Waals surface area contributed by atoms with Gasteiger partial charge in [0.1, 0.15) is 0 Å². The van der Waals surface area contributed by atoms with Crippen molar-refractivity contribution < 1.29 is 0 Å². The quantitative estimate of drug-likeness (QED) is 0.859. The van der Waals surface area contributed by atoms with Crippen molar-refractivity contribution in [3.63, 3.8) is 0 Å². The van der Waals surface area contributed by atoms with Crippen molar-refractivity contribution in [1.82, 2.24) is 19.6 Å². The van der Waals surface area contributed by atoms with Crippen LogP contribution in [0, 0.1) is 0 Å². The molecule has 0 unspecified atom stereocenters. The molecule has 2 N–H and O–H groups in total. The van der Waals surface area contributed by atoms with Gasteiger partial charge in [-0.1, -0.05) is 6.92 Å². The molecule has 1 aliphatic rings. The first kappa shape index (κ1) is 16.5. The predicted molar refractivity (Wildman–Crippen MR) is 87.3 cm³/mol. The highest BCUT2D eigenvalue weighted by Gasteiger charge is 2.28. The molecule has 0 aliphatic carbocycles. The number of hydrogen-bond donors (Lipinski definition) is 1. The summed E-state index contributed by atoms with van der Waals surface area (Å²) in [5.74, 6) is 0. The van der Waals surface area contributed by atoms with Gasteiger partial charge in [0.25, 0.3) is 0 Å². The molecule has 1 aromatic heterocycles. The molecule has 0 spiro atoms. The second-order valence-electron chi connectivity index (χ2n) is 6.58. The Kier molecular flexibility index (Phi) is 5.41. The van der Waals surface area contributed by atoms with E-state index in [0.717, 1.165) is 52.2 Å². The summed E-state index contributed by atoms with van der Waals surface area (Å²) in [4.78, 5) is 5.05. The second-order valence-corrected chi connectivity index (χ2v) is 6.58. The zero-order valence-electron chi connectivity index (χ0n) is 14.1. The number of nitrogens with two attached hydrogens (primary N) is 1. The molecule has 120 valence electrons. The molecule has 1 aromatic rings. The lowest BCUT2D eigenvalue weighted by atomic mass is 10.0. The van der Waals surface area contributed by atoms with Gasteiger partial charge in [-0.05, 0) is 33.3 Å². The SMILES string of the molecule is CCc1cc(CN2CCN(C(C)(C)CN)CC2)n(CC)n1. The van der Waals surface area contributed by atoms with Gasteiger partial charge < -0.3 is 5.73 Å². The van der Waals surface area contributed by atoms with Gasteiger partial charge in [-0.25, -0.2) is 0 Å². The van der Waals surface area contributed by atoms with E-state index in [9.17, 15) is 0 Å². The maximum absolute atomic E-state index is 5.88. The van der Waals surface area contributed by atoms with Gasteiger partial charge >= 0.3 is 0 Å². The first-order valence-corrected chi connectivity index (χ1v) is 8.23. The van der Waals surface area contributed by atoms with Crippen molar-refractivity contribution in [3.05, 3.63) is 17.5 Å². The maximum atomic E-state index is 5.88. The lowest BCUT2D eigenvalue weighted by Crippen LogP contribution is -2.57. The molecule has 1 fully saturated rings. The summed E-state index contributed by atoms with van der Waals surface area (Å²) in [6.45, 7) is 15.9. The number of rotatable bonds is 6. The van der Waals surface area contributed by atoms with Gasteiger partial charge in [-0.2, -0.15) is 5.10 Å². The Morgan fingerprint density at radius 3 is 2.38 bits per heavy atom. The van der Waals surface area contributed by atoms with Crippen LogP contribution >= 0.6 is 0 Å². The monoisotopic (exact) mass is 293 g/mol. The zero-order valence-corrected chi connectivity index (χ0v) is 14.1. The minimum absolute atomic E-state index is 0.118. The van der Waals surface area contributed by atoms with Gasteiger partial charge in [-0.15, -0.1) is 0 Å². The van der Waals surface area contributed by atoms with Crippen molar-refractivity contribution in [2.24, 2.45) is 5.73 Å². The van der Waals surface area contributed by atoms with E-state index in [-0.39, 0.29) is 5.54 Å². The van der Waals surface area contributed by atoms with E-state index in [1.165, 1.54) is 11.4 Å².